The summed E-state index contributed by atoms with van der Waals surface area (Å²) in [5, 5.41) is 3.75. The molecule has 0 aromatic heterocycles. The monoisotopic (exact) mass is 279 g/mol. The van der Waals surface area contributed by atoms with Crippen LogP contribution in [0.1, 0.15) is 54.0 Å². The summed E-state index contributed by atoms with van der Waals surface area (Å²) in [6.45, 7) is 5.55. The van der Waals surface area contributed by atoms with Crippen molar-refractivity contribution >= 4 is 0 Å². The van der Waals surface area contributed by atoms with Crippen molar-refractivity contribution in [2.45, 2.75) is 45.1 Å². The Morgan fingerprint density at radius 3 is 2.71 bits per heavy atom. The minimum atomic E-state index is 0.417. The summed E-state index contributed by atoms with van der Waals surface area (Å²) in [5.41, 5.74) is 5.91. The Bertz CT molecular complexity index is 602. The Balaban J connectivity index is 1.67. The summed E-state index contributed by atoms with van der Waals surface area (Å²) >= 11 is 0. The second kappa shape index (κ2) is 6.44. The van der Waals surface area contributed by atoms with Crippen molar-refractivity contribution in [1.82, 2.24) is 5.32 Å². The zero-order chi connectivity index (χ0) is 14.7. The van der Waals surface area contributed by atoms with E-state index in [2.05, 4.69) is 67.7 Å². The Morgan fingerprint density at radius 2 is 1.86 bits per heavy atom. The molecule has 3 rings (SSSR count). The quantitative estimate of drug-likeness (QED) is 0.850. The molecule has 0 aliphatic heterocycles. The molecule has 110 valence electrons. The lowest BCUT2D eigenvalue weighted by Crippen LogP contribution is -2.27. The number of aryl methyl sites for hydroxylation is 2. The molecule has 2 unspecified atom stereocenters. The predicted octanol–water partition coefficient (Wildman–Crippen LogP) is 4.77. The highest BCUT2D eigenvalue weighted by atomic mass is 14.9. The van der Waals surface area contributed by atoms with Crippen LogP contribution in [0.4, 0.5) is 0 Å². The van der Waals surface area contributed by atoms with Crippen LogP contribution in [0, 0.1) is 6.92 Å². The average Bonchev–Trinajstić information content (AvgIpc) is 2.53. The van der Waals surface area contributed by atoms with E-state index < -0.39 is 0 Å². The van der Waals surface area contributed by atoms with E-state index in [1.807, 2.05) is 0 Å². The van der Waals surface area contributed by atoms with Crippen LogP contribution in [0.2, 0.25) is 0 Å². The lowest BCUT2D eigenvalue weighted by Gasteiger charge is -2.27. The fraction of sp³-hybridized carbons (Fsp3) is 0.400. The third-order valence-corrected chi connectivity index (χ3v) is 4.82. The Kier molecular flexibility index (Phi) is 4.40. The van der Waals surface area contributed by atoms with E-state index in [0.29, 0.717) is 12.0 Å². The van der Waals surface area contributed by atoms with Gasteiger partial charge in [-0.25, -0.2) is 0 Å². The van der Waals surface area contributed by atoms with Crippen LogP contribution in [-0.2, 0) is 6.42 Å². The van der Waals surface area contributed by atoms with Gasteiger partial charge in [-0.15, -0.1) is 0 Å². The van der Waals surface area contributed by atoms with Gasteiger partial charge in [0.05, 0.1) is 0 Å². The van der Waals surface area contributed by atoms with Gasteiger partial charge in [0.1, 0.15) is 0 Å². The molecule has 0 saturated heterocycles. The third kappa shape index (κ3) is 3.19. The molecule has 0 spiro atoms. The van der Waals surface area contributed by atoms with Gasteiger partial charge < -0.3 is 5.32 Å². The van der Waals surface area contributed by atoms with Crippen LogP contribution in [0.3, 0.4) is 0 Å². The van der Waals surface area contributed by atoms with Crippen molar-refractivity contribution in [2.75, 3.05) is 6.54 Å². The second-order valence-corrected chi connectivity index (χ2v) is 6.27. The SMILES string of the molecule is Cc1ccccc1C(C)NCC1CCCc2ccccc21. The van der Waals surface area contributed by atoms with Gasteiger partial charge in [0.15, 0.2) is 0 Å². The van der Waals surface area contributed by atoms with Gasteiger partial charge in [-0.05, 0) is 61.3 Å². The van der Waals surface area contributed by atoms with E-state index >= 15 is 0 Å². The fourth-order valence-corrected chi connectivity index (χ4v) is 3.57. The number of nitrogens with one attached hydrogen (secondary N) is 1. The molecule has 1 N–H and O–H groups in total. The molecule has 2 aromatic rings. The molecule has 0 amide bonds. The highest BCUT2D eigenvalue weighted by molar-refractivity contribution is 5.33. The normalized spacial score (nSPS) is 19.0. The summed E-state index contributed by atoms with van der Waals surface area (Å²) in [6, 6.07) is 18.1. The number of rotatable bonds is 4. The van der Waals surface area contributed by atoms with Crippen LogP contribution in [-0.4, -0.2) is 6.54 Å². The van der Waals surface area contributed by atoms with E-state index in [4.69, 9.17) is 0 Å². The minimum absolute atomic E-state index is 0.417. The van der Waals surface area contributed by atoms with E-state index in [-0.39, 0.29) is 0 Å². The Morgan fingerprint density at radius 1 is 1.10 bits per heavy atom. The smallest absolute Gasteiger partial charge is 0.0294 e. The molecule has 0 saturated carbocycles. The van der Waals surface area contributed by atoms with Gasteiger partial charge in [0.25, 0.3) is 0 Å². The second-order valence-electron chi connectivity index (χ2n) is 6.27. The van der Waals surface area contributed by atoms with Crippen molar-refractivity contribution in [3.05, 3.63) is 70.8 Å². The standard InChI is InChI=1S/C20H25N/c1-15-8-3-5-12-19(15)16(2)21-14-18-11-7-10-17-9-4-6-13-20(17)18/h3-6,8-9,12-13,16,18,21H,7,10-11,14H2,1-2H3. The third-order valence-electron chi connectivity index (χ3n) is 4.82. The van der Waals surface area contributed by atoms with E-state index in [1.165, 1.54) is 30.4 Å². The Hall–Kier alpha value is -1.60. The van der Waals surface area contributed by atoms with Crippen LogP contribution >= 0.6 is 0 Å². The molecule has 21 heavy (non-hydrogen) atoms. The van der Waals surface area contributed by atoms with E-state index in [9.17, 15) is 0 Å². The fourth-order valence-electron chi connectivity index (χ4n) is 3.57. The molecular formula is C20H25N. The van der Waals surface area contributed by atoms with Crippen LogP contribution < -0.4 is 5.32 Å². The van der Waals surface area contributed by atoms with Gasteiger partial charge in [-0.1, -0.05) is 48.5 Å². The molecule has 1 heteroatoms. The van der Waals surface area contributed by atoms with Gasteiger partial charge in [0, 0.05) is 12.6 Å². The Labute approximate surface area is 128 Å². The average molecular weight is 279 g/mol. The molecular weight excluding hydrogens is 254 g/mol. The lowest BCUT2D eigenvalue weighted by atomic mass is 9.82. The first-order valence-corrected chi connectivity index (χ1v) is 8.12. The summed E-state index contributed by atoms with van der Waals surface area (Å²) in [4.78, 5) is 0. The highest BCUT2D eigenvalue weighted by Gasteiger charge is 2.20. The summed E-state index contributed by atoms with van der Waals surface area (Å²) < 4.78 is 0. The van der Waals surface area contributed by atoms with E-state index in [1.54, 1.807) is 11.1 Å². The lowest BCUT2D eigenvalue weighted by molar-refractivity contribution is 0.472. The molecule has 0 fully saturated rings. The zero-order valence-electron chi connectivity index (χ0n) is 13.1. The van der Waals surface area contributed by atoms with Gasteiger partial charge >= 0.3 is 0 Å². The first-order valence-electron chi connectivity index (χ1n) is 8.12. The maximum Gasteiger partial charge on any atom is 0.0294 e. The van der Waals surface area contributed by atoms with Crippen molar-refractivity contribution in [2.24, 2.45) is 0 Å². The first kappa shape index (κ1) is 14.3. The van der Waals surface area contributed by atoms with E-state index in [0.717, 1.165) is 6.54 Å². The van der Waals surface area contributed by atoms with Gasteiger partial charge in [0.2, 0.25) is 0 Å². The van der Waals surface area contributed by atoms with Gasteiger partial charge in [-0.3, -0.25) is 0 Å². The van der Waals surface area contributed by atoms with Gasteiger partial charge in [-0.2, -0.15) is 0 Å². The first-order chi connectivity index (χ1) is 10.3. The van der Waals surface area contributed by atoms with Crippen LogP contribution in [0.15, 0.2) is 48.5 Å². The largest absolute Gasteiger partial charge is 0.310 e. The minimum Gasteiger partial charge on any atom is -0.310 e. The topological polar surface area (TPSA) is 12.0 Å². The molecule has 0 heterocycles. The summed E-state index contributed by atoms with van der Waals surface area (Å²) in [7, 11) is 0. The maximum atomic E-state index is 3.75. The molecule has 1 aliphatic carbocycles. The number of fused-ring (bicyclic) bond motifs is 1. The summed E-state index contributed by atoms with van der Waals surface area (Å²) in [5.74, 6) is 0.668. The van der Waals surface area contributed by atoms with Crippen molar-refractivity contribution < 1.29 is 0 Å². The maximum absolute atomic E-state index is 3.75. The van der Waals surface area contributed by atoms with Crippen LogP contribution in [0.25, 0.3) is 0 Å². The van der Waals surface area contributed by atoms with Crippen LogP contribution in [0.5, 0.6) is 0 Å². The molecule has 2 atom stereocenters. The predicted molar refractivity (Wildman–Crippen MR) is 89.7 cm³/mol. The van der Waals surface area contributed by atoms with Crippen molar-refractivity contribution in [1.29, 1.82) is 0 Å². The summed E-state index contributed by atoms with van der Waals surface area (Å²) in [6.07, 6.45) is 3.88. The molecule has 0 bridgehead atoms. The number of benzene rings is 2. The molecule has 2 aromatic carbocycles. The molecule has 1 aliphatic rings. The van der Waals surface area contributed by atoms with Crippen molar-refractivity contribution in [3.8, 4) is 0 Å². The molecule has 1 nitrogen and oxygen atoms in total. The van der Waals surface area contributed by atoms with Crippen molar-refractivity contribution in [3.63, 3.8) is 0 Å². The number of hydrogen-bond acceptors (Lipinski definition) is 1. The highest BCUT2D eigenvalue weighted by Crippen LogP contribution is 2.31. The zero-order valence-corrected chi connectivity index (χ0v) is 13.1. The molecule has 0 radical (unpaired) electrons. The number of hydrogen-bond donors (Lipinski definition) is 1.